The number of thiazole rings is 1. The Morgan fingerprint density at radius 3 is 2.41 bits per heavy atom. The smallest absolute Gasteiger partial charge is 0.257 e. The molecule has 1 aliphatic rings. The molecule has 0 aliphatic carbocycles. The Hall–Kier alpha value is -2.83. The van der Waals surface area contributed by atoms with Crippen molar-refractivity contribution < 1.29 is 9.59 Å². The molecule has 0 bridgehead atoms. The molecule has 2 heterocycles. The molecular weight excluding hydrogens is 358 g/mol. The summed E-state index contributed by atoms with van der Waals surface area (Å²) in [7, 11) is 2.08. The van der Waals surface area contributed by atoms with Gasteiger partial charge in [0, 0.05) is 41.1 Å². The normalized spacial score (nSPS) is 13.8. The van der Waals surface area contributed by atoms with Gasteiger partial charge in [-0.1, -0.05) is 42.5 Å². The van der Waals surface area contributed by atoms with E-state index < -0.39 is 0 Å². The van der Waals surface area contributed by atoms with E-state index in [1.54, 1.807) is 36.4 Å². The van der Waals surface area contributed by atoms with Crippen LogP contribution < -0.4 is 5.32 Å². The number of fused-ring (bicyclic) bond motifs is 1. The Balaban J connectivity index is 1.46. The molecule has 0 spiro atoms. The molecule has 4 rings (SSSR count). The van der Waals surface area contributed by atoms with Gasteiger partial charge in [0.15, 0.2) is 10.9 Å². The number of carbonyl (C=O) groups is 2. The van der Waals surface area contributed by atoms with Crippen LogP contribution in [0, 0.1) is 0 Å². The highest BCUT2D eigenvalue weighted by Crippen LogP contribution is 2.28. The number of rotatable bonds is 4. The number of benzene rings is 2. The summed E-state index contributed by atoms with van der Waals surface area (Å²) in [6, 6.07) is 15.8. The Morgan fingerprint density at radius 2 is 1.67 bits per heavy atom. The molecule has 0 atom stereocenters. The molecule has 5 nitrogen and oxygen atoms in total. The number of nitrogens with zero attached hydrogens (tertiary/aromatic N) is 2. The Kier molecular flexibility index (Phi) is 4.83. The summed E-state index contributed by atoms with van der Waals surface area (Å²) in [6.45, 7) is 1.86. The lowest BCUT2D eigenvalue weighted by atomic mass is 10.0. The molecule has 0 saturated heterocycles. The number of amides is 1. The molecule has 2 aromatic carbocycles. The SMILES string of the molecule is CN1CCc2nc(NC(=O)c3ccc(C(=O)c4ccccc4)cc3)sc2C1. The second-order valence-corrected chi connectivity index (χ2v) is 7.69. The van der Waals surface area contributed by atoms with Gasteiger partial charge in [-0.25, -0.2) is 4.98 Å². The van der Waals surface area contributed by atoms with Crippen LogP contribution in [-0.4, -0.2) is 35.2 Å². The molecule has 0 unspecified atom stereocenters. The highest BCUT2D eigenvalue weighted by Gasteiger charge is 2.19. The van der Waals surface area contributed by atoms with Crippen molar-refractivity contribution in [3.05, 3.63) is 81.9 Å². The first-order valence-corrected chi connectivity index (χ1v) is 9.60. The Morgan fingerprint density at radius 1 is 1.00 bits per heavy atom. The van der Waals surface area contributed by atoms with E-state index >= 15 is 0 Å². The zero-order valence-corrected chi connectivity index (χ0v) is 15.8. The van der Waals surface area contributed by atoms with Crippen LogP contribution in [0.1, 0.15) is 36.9 Å². The van der Waals surface area contributed by atoms with Gasteiger partial charge in [-0.2, -0.15) is 0 Å². The van der Waals surface area contributed by atoms with Crippen molar-refractivity contribution in [1.29, 1.82) is 0 Å². The van der Waals surface area contributed by atoms with Crippen LogP contribution in [0.15, 0.2) is 54.6 Å². The number of carbonyl (C=O) groups excluding carboxylic acids is 2. The maximum absolute atomic E-state index is 12.5. The molecule has 0 saturated carbocycles. The first-order chi connectivity index (χ1) is 13.1. The summed E-state index contributed by atoms with van der Waals surface area (Å²) in [4.78, 5) is 32.9. The van der Waals surface area contributed by atoms with Crippen LogP contribution in [0.3, 0.4) is 0 Å². The Bertz CT molecular complexity index is 980. The molecule has 1 amide bonds. The summed E-state index contributed by atoms with van der Waals surface area (Å²) < 4.78 is 0. The van der Waals surface area contributed by atoms with Crippen LogP contribution in [0.25, 0.3) is 0 Å². The lowest BCUT2D eigenvalue weighted by Crippen LogP contribution is -2.25. The van der Waals surface area contributed by atoms with Gasteiger partial charge < -0.3 is 4.90 Å². The predicted molar refractivity (Wildman–Crippen MR) is 106 cm³/mol. The molecule has 6 heteroatoms. The minimum atomic E-state index is -0.215. The molecule has 1 aromatic heterocycles. The van der Waals surface area contributed by atoms with Crippen molar-refractivity contribution in [2.45, 2.75) is 13.0 Å². The van der Waals surface area contributed by atoms with E-state index in [2.05, 4.69) is 22.2 Å². The minimum Gasteiger partial charge on any atom is -0.301 e. The van der Waals surface area contributed by atoms with Crippen molar-refractivity contribution >= 4 is 28.2 Å². The number of anilines is 1. The van der Waals surface area contributed by atoms with E-state index in [9.17, 15) is 9.59 Å². The van der Waals surface area contributed by atoms with Crippen LogP contribution in [0.4, 0.5) is 5.13 Å². The number of hydrogen-bond donors (Lipinski definition) is 1. The van der Waals surface area contributed by atoms with Gasteiger partial charge in [0.05, 0.1) is 5.69 Å². The third-order valence-electron chi connectivity index (χ3n) is 4.59. The Labute approximate surface area is 161 Å². The van der Waals surface area contributed by atoms with Gasteiger partial charge in [-0.05, 0) is 19.2 Å². The fourth-order valence-electron chi connectivity index (χ4n) is 3.08. The fourth-order valence-corrected chi connectivity index (χ4v) is 4.16. The molecule has 3 aromatic rings. The number of nitrogens with one attached hydrogen (secondary N) is 1. The van der Waals surface area contributed by atoms with Crippen LogP contribution in [-0.2, 0) is 13.0 Å². The van der Waals surface area contributed by atoms with E-state index in [0.29, 0.717) is 21.8 Å². The topological polar surface area (TPSA) is 62.3 Å². The van der Waals surface area contributed by atoms with E-state index in [0.717, 1.165) is 25.2 Å². The second-order valence-electron chi connectivity index (χ2n) is 6.60. The van der Waals surface area contributed by atoms with Crippen LogP contribution in [0.5, 0.6) is 0 Å². The predicted octanol–water partition coefficient (Wildman–Crippen LogP) is 3.61. The van der Waals surface area contributed by atoms with E-state index in [1.165, 1.54) is 16.2 Å². The first kappa shape index (κ1) is 17.6. The van der Waals surface area contributed by atoms with Gasteiger partial charge in [0.25, 0.3) is 5.91 Å². The lowest BCUT2D eigenvalue weighted by Gasteiger charge is -2.20. The van der Waals surface area contributed by atoms with Gasteiger partial charge in [-0.15, -0.1) is 11.3 Å². The van der Waals surface area contributed by atoms with Crippen molar-refractivity contribution in [2.24, 2.45) is 0 Å². The fraction of sp³-hybridized carbons (Fsp3) is 0.190. The largest absolute Gasteiger partial charge is 0.301 e. The van der Waals surface area contributed by atoms with Crippen molar-refractivity contribution in [3.8, 4) is 0 Å². The van der Waals surface area contributed by atoms with Gasteiger partial charge in [-0.3, -0.25) is 14.9 Å². The summed E-state index contributed by atoms with van der Waals surface area (Å²) >= 11 is 1.53. The van der Waals surface area contributed by atoms with Crippen molar-refractivity contribution in [3.63, 3.8) is 0 Å². The minimum absolute atomic E-state index is 0.0562. The number of likely N-dealkylation sites (N-methyl/N-ethyl adjacent to an activating group) is 1. The lowest BCUT2D eigenvalue weighted by molar-refractivity contribution is 0.102. The van der Waals surface area contributed by atoms with E-state index in [4.69, 9.17) is 0 Å². The zero-order valence-electron chi connectivity index (χ0n) is 14.9. The van der Waals surface area contributed by atoms with Crippen molar-refractivity contribution in [2.75, 3.05) is 18.9 Å². The molecule has 1 N–H and O–H groups in total. The van der Waals surface area contributed by atoms with E-state index in [-0.39, 0.29) is 11.7 Å². The maximum atomic E-state index is 12.5. The molecule has 0 radical (unpaired) electrons. The molecule has 136 valence electrons. The maximum Gasteiger partial charge on any atom is 0.257 e. The zero-order chi connectivity index (χ0) is 18.8. The average Bonchev–Trinajstić information content (AvgIpc) is 3.09. The number of aromatic nitrogens is 1. The average molecular weight is 377 g/mol. The van der Waals surface area contributed by atoms with Crippen LogP contribution >= 0.6 is 11.3 Å². The number of ketones is 1. The van der Waals surface area contributed by atoms with Gasteiger partial charge in [0.2, 0.25) is 0 Å². The quantitative estimate of drug-likeness (QED) is 0.706. The van der Waals surface area contributed by atoms with Gasteiger partial charge in [0.1, 0.15) is 0 Å². The molecular formula is C21H19N3O2S. The molecule has 27 heavy (non-hydrogen) atoms. The standard InChI is InChI=1S/C21H19N3O2S/c1-24-12-11-17-18(13-24)27-21(22-17)23-20(26)16-9-7-15(8-10-16)19(25)14-5-3-2-4-6-14/h2-10H,11-13H2,1H3,(H,22,23,26). The highest BCUT2D eigenvalue weighted by atomic mass is 32.1. The monoisotopic (exact) mass is 377 g/mol. The first-order valence-electron chi connectivity index (χ1n) is 8.78. The van der Waals surface area contributed by atoms with Crippen molar-refractivity contribution in [1.82, 2.24) is 9.88 Å². The summed E-state index contributed by atoms with van der Waals surface area (Å²) in [5, 5.41) is 3.51. The summed E-state index contributed by atoms with van der Waals surface area (Å²) in [6.07, 6.45) is 0.911. The summed E-state index contributed by atoms with van der Waals surface area (Å²) in [5.74, 6) is -0.271. The second kappa shape index (κ2) is 7.42. The summed E-state index contributed by atoms with van der Waals surface area (Å²) in [5.41, 5.74) is 2.78. The highest BCUT2D eigenvalue weighted by molar-refractivity contribution is 7.15. The van der Waals surface area contributed by atoms with Crippen LogP contribution in [0.2, 0.25) is 0 Å². The molecule has 1 aliphatic heterocycles. The third kappa shape index (κ3) is 3.82. The third-order valence-corrected chi connectivity index (χ3v) is 5.59. The molecule has 0 fully saturated rings. The number of hydrogen-bond acceptors (Lipinski definition) is 5. The van der Waals surface area contributed by atoms with E-state index in [1.807, 2.05) is 18.2 Å². The van der Waals surface area contributed by atoms with Gasteiger partial charge >= 0.3 is 0 Å².